The highest BCUT2D eigenvalue weighted by Crippen LogP contribution is 2.20. The number of pyridine rings is 1. The number of ether oxygens (including phenoxy) is 1. The summed E-state index contributed by atoms with van der Waals surface area (Å²) in [4.78, 5) is 4.04. The zero-order valence-electron chi connectivity index (χ0n) is 9.11. The summed E-state index contributed by atoms with van der Waals surface area (Å²) in [5, 5.41) is 12.9. The molecule has 1 aromatic heterocycles. The minimum Gasteiger partial charge on any atom is -0.397 e. The first-order valence-electron chi connectivity index (χ1n) is 4.95. The number of hydrogen-bond acceptors (Lipinski definition) is 5. The number of rotatable bonds is 6. The van der Waals surface area contributed by atoms with Crippen LogP contribution < -0.4 is 11.1 Å². The fourth-order valence-corrected chi connectivity index (χ4v) is 1.46. The molecule has 0 aromatic carbocycles. The van der Waals surface area contributed by atoms with Gasteiger partial charge in [0.2, 0.25) is 0 Å². The molecule has 1 aromatic rings. The van der Waals surface area contributed by atoms with Gasteiger partial charge in [-0.15, -0.1) is 0 Å². The number of aliphatic hydroxyl groups is 1. The number of nitrogen functional groups attached to an aromatic ring is 1. The van der Waals surface area contributed by atoms with Gasteiger partial charge in [-0.1, -0.05) is 11.6 Å². The number of aromatic nitrogens is 1. The first-order chi connectivity index (χ1) is 7.63. The van der Waals surface area contributed by atoms with E-state index >= 15 is 0 Å². The predicted molar refractivity (Wildman–Crippen MR) is 64.6 cm³/mol. The smallest absolute Gasteiger partial charge is 0.144 e. The first kappa shape index (κ1) is 13.0. The quantitative estimate of drug-likeness (QED) is 0.700. The van der Waals surface area contributed by atoms with Crippen molar-refractivity contribution in [2.45, 2.75) is 12.5 Å². The van der Waals surface area contributed by atoms with Crippen molar-refractivity contribution in [1.82, 2.24) is 4.98 Å². The van der Waals surface area contributed by atoms with Crippen molar-refractivity contribution >= 4 is 23.1 Å². The summed E-state index contributed by atoms with van der Waals surface area (Å²) in [7, 11) is 1.55. The largest absolute Gasteiger partial charge is 0.397 e. The molecule has 4 N–H and O–H groups in total. The van der Waals surface area contributed by atoms with Crippen LogP contribution in [0.15, 0.2) is 12.3 Å². The average Bonchev–Trinajstić information content (AvgIpc) is 2.22. The lowest BCUT2D eigenvalue weighted by atomic mass is 10.2. The molecule has 0 saturated heterocycles. The van der Waals surface area contributed by atoms with Crippen LogP contribution in [0.25, 0.3) is 0 Å². The third kappa shape index (κ3) is 4.22. The van der Waals surface area contributed by atoms with Crippen LogP contribution in [0.1, 0.15) is 6.42 Å². The molecule has 0 bridgehead atoms. The molecule has 0 aliphatic carbocycles. The molecule has 0 radical (unpaired) electrons. The normalized spacial score (nSPS) is 12.4. The molecule has 0 spiro atoms. The van der Waals surface area contributed by atoms with Gasteiger partial charge in [0.15, 0.2) is 0 Å². The Morgan fingerprint density at radius 2 is 2.44 bits per heavy atom. The van der Waals surface area contributed by atoms with Crippen LogP contribution in [0.5, 0.6) is 0 Å². The van der Waals surface area contributed by atoms with Crippen LogP contribution in [0.2, 0.25) is 5.02 Å². The van der Waals surface area contributed by atoms with Crippen molar-refractivity contribution in [3.8, 4) is 0 Å². The van der Waals surface area contributed by atoms with Crippen LogP contribution in [-0.4, -0.2) is 36.5 Å². The van der Waals surface area contributed by atoms with Gasteiger partial charge in [-0.25, -0.2) is 4.98 Å². The molecule has 5 nitrogen and oxygen atoms in total. The van der Waals surface area contributed by atoms with Gasteiger partial charge in [0.1, 0.15) is 5.82 Å². The number of nitrogens with one attached hydrogen (secondary N) is 1. The minimum absolute atomic E-state index is 0.324. The second kappa shape index (κ2) is 6.52. The lowest BCUT2D eigenvalue weighted by molar-refractivity contribution is 0.0615. The molecular weight excluding hydrogens is 230 g/mol. The number of nitrogens with two attached hydrogens (primary N) is 1. The summed E-state index contributed by atoms with van der Waals surface area (Å²) in [5.41, 5.74) is 6.04. The van der Waals surface area contributed by atoms with Gasteiger partial charge in [0.25, 0.3) is 0 Å². The second-order valence-corrected chi connectivity index (χ2v) is 3.83. The Bertz CT molecular complexity index is 336. The van der Waals surface area contributed by atoms with Crippen molar-refractivity contribution in [1.29, 1.82) is 0 Å². The third-order valence-corrected chi connectivity index (χ3v) is 2.28. The Hall–Kier alpha value is -1.04. The summed E-state index contributed by atoms with van der Waals surface area (Å²) in [5.74, 6) is 0.570. The zero-order valence-corrected chi connectivity index (χ0v) is 9.87. The summed E-state index contributed by atoms with van der Waals surface area (Å²) >= 11 is 5.91. The van der Waals surface area contributed by atoms with Gasteiger partial charge in [0, 0.05) is 13.7 Å². The fourth-order valence-electron chi connectivity index (χ4n) is 1.22. The summed E-state index contributed by atoms with van der Waals surface area (Å²) in [6, 6.07) is 1.63. The van der Waals surface area contributed by atoms with E-state index in [0.29, 0.717) is 36.1 Å². The van der Waals surface area contributed by atoms with Gasteiger partial charge in [0.05, 0.1) is 29.6 Å². The molecule has 1 heterocycles. The van der Waals surface area contributed by atoms with Crippen LogP contribution >= 0.6 is 11.6 Å². The Balaban J connectivity index is 2.37. The number of methoxy groups -OCH3 is 1. The molecule has 0 amide bonds. The number of aliphatic hydroxyl groups excluding tert-OH is 1. The van der Waals surface area contributed by atoms with E-state index < -0.39 is 6.10 Å². The molecular formula is C10H16ClN3O2. The zero-order chi connectivity index (χ0) is 12.0. The van der Waals surface area contributed by atoms with E-state index in [2.05, 4.69) is 10.3 Å². The highest BCUT2D eigenvalue weighted by atomic mass is 35.5. The van der Waals surface area contributed by atoms with E-state index in [1.54, 1.807) is 13.2 Å². The van der Waals surface area contributed by atoms with Gasteiger partial charge in [-0.3, -0.25) is 0 Å². The molecule has 0 aliphatic heterocycles. The monoisotopic (exact) mass is 245 g/mol. The standard InChI is InChI=1S/C10H16ClN3O2/c1-16-6-8(15)2-3-13-10-9(11)4-7(12)5-14-10/h4-5,8,15H,2-3,6,12H2,1H3,(H,13,14). The Labute approximate surface area is 99.6 Å². The topological polar surface area (TPSA) is 80.4 Å². The molecule has 1 unspecified atom stereocenters. The van der Waals surface area contributed by atoms with E-state index in [9.17, 15) is 5.11 Å². The van der Waals surface area contributed by atoms with E-state index in [4.69, 9.17) is 22.1 Å². The first-order valence-corrected chi connectivity index (χ1v) is 5.33. The van der Waals surface area contributed by atoms with E-state index in [1.165, 1.54) is 6.20 Å². The minimum atomic E-state index is -0.481. The molecule has 0 aliphatic rings. The molecule has 90 valence electrons. The lowest BCUT2D eigenvalue weighted by Gasteiger charge is -2.11. The third-order valence-electron chi connectivity index (χ3n) is 1.99. The van der Waals surface area contributed by atoms with Crippen molar-refractivity contribution in [2.24, 2.45) is 0 Å². The molecule has 1 rings (SSSR count). The van der Waals surface area contributed by atoms with Crippen molar-refractivity contribution in [3.05, 3.63) is 17.3 Å². The maximum absolute atomic E-state index is 9.40. The summed E-state index contributed by atoms with van der Waals surface area (Å²) < 4.78 is 4.81. The van der Waals surface area contributed by atoms with Gasteiger partial charge in [-0.05, 0) is 12.5 Å². The number of halogens is 1. The Morgan fingerprint density at radius 1 is 1.69 bits per heavy atom. The fraction of sp³-hybridized carbons (Fsp3) is 0.500. The maximum atomic E-state index is 9.40. The van der Waals surface area contributed by atoms with E-state index in [-0.39, 0.29) is 0 Å². The molecule has 0 fully saturated rings. The van der Waals surface area contributed by atoms with Crippen molar-refractivity contribution < 1.29 is 9.84 Å². The summed E-state index contributed by atoms with van der Waals surface area (Å²) in [6.45, 7) is 0.895. The van der Waals surface area contributed by atoms with Crippen LogP contribution in [-0.2, 0) is 4.74 Å². The molecule has 0 saturated carbocycles. The van der Waals surface area contributed by atoms with Crippen LogP contribution in [0.3, 0.4) is 0 Å². The maximum Gasteiger partial charge on any atom is 0.144 e. The van der Waals surface area contributed by atoms with Gasteiger partial charge < -0.3 is 20.9 Å². The highest BCUT2D eigenvalue weighted by molar-refractivity contribution is 6.33. The van der Waals surface area contributed by atoms with Gasteiger partial charge in [-0.2, -0.15) is 0 Å². The SMILES string of the molecule is COCC(O)CCNc1ncc(N)cc1Cl. The van der Waals surface area contributed by atoms with Crippen molar-refractivity contribution in [3.63, 3.8) is 0 Å². The molecule has 6 heteroatoms. The predicted octanol–water partition coefficient (Wildman–Crippen LogP) is 1.13. The van der Waals surface area contributed by atoms with E-state index in [1.807, 2.05) is 0 Å². The molecule has 16 heavy (non-hydrogen) atoms. The molecule has 1 atom stereocenters. The summed E-state index contributed by atoms with van der Waals surface area (Å²) in [6.07, 6.45) is 1.61. The van der Waals surface area contributed by atoms with Crippen LogP contribution in [0.4, 0.5) is 11.5 Å². The van der Waals surface area contributed by atoms with Crippen LogP contribution in [0, 0.1) is 0 Å². The lowest BCUT2D eigenvalue weighted by Crippen LogP contribution is -2.18. The number of nitrogens with zero attached hydrogens (tertiary/aromatic N) is 1. The Kier molecular flexibility index (Phi) is 5.31. The van der Waals surface area contributed by atoms with E-state index in [0.717, 1.165) is 0 Å². The van der Waals surface area contributed by atoms with Crippen molar-refractivity contribution in [2.75, 3.05) is 31.3 Å². The number of hydrogen-bond donors (Lipinski definition) is 3. The van der Waals surface area contributed by atoms with Gasteiger partial charge >= 0.3 is 0 Å². The highest BCUT2D eigenvalue weighted by Gasteiger charge is 2.05. The number of anilines is 2. The Morgan fingerprint density at radius 3 is 3.06 bits per heavy atom. The second-order valence-electron chi connectivity index (χ2n) is 3.42. The average molecular weight is 246 g/mol.